The van der Waals surface area contributed by atoms with Gasteiger partial charge in [-0.3, -0.25) is 5.10 Å². The van der Waals surface area contributed by atoms with Crippen LogP contribution in [0.2, 0.25) is 5.02 Å². The zero-order chi connectivity index (χ0) is 20.5. The molecule has 0 aliphatic rings. The van der Waals surface area contributed by atoms with Crippen LogP contribution >= 0.6 is 11.6 Å². The lowest BCUT2D eigenvalue weighted by Crippen LogP contribution is -2.09. The van der Waals surface area contributed by atoms with Gasteiger partial charge >= 0.3 is 6.18 Å². The third-order valence-corrected chi connectivity index (χ3v) is 5.96. The van der Waals surface area contributed by atoms with Crippen molar-refractivity contribution in [1.29, 1.82) is 0 Å². The molecule has 0 saturated heterocycles. The number of hydrogen-bond acceptors (Lipinski definition) is 4. The lowest BCUT2D eigenvalue weighted by atomic mass is 9.99. The smallest absolute Gasteiger partial charge is 0.395 e. The van der Waals surface area contributed by atoms with Crippen molar-refractivity contribution in [3.05, 3.63) is 59.2 Å². The van der Waals surface area contributed by atoms with Gasteiger partial charge in [0.05, 0.1) is 17.3 Å². The Morgan fingerprint density at radius 2 is 1.75 bits per heavy atom. The van der Waals surface area contributed by atoms with Crippen molar-refractivity contribution in [1.82, 2.24) is 10.2 Å². The van der Waals surface area contributed by atoms with Gasteiger partial charge in [-0.15, -0.1) is 0 Å². The summed E-state index contributed by atoms with van der Waals surface area (Å²) in [6.07, 6.45) is -4.67. The molecule has 2 N–H and O–H groups in total. The Morgan fingerprint density at radius 3 is 2.32 bits per heavy atom. The first-order valence-electron chi connectivity index (χ1n) is 7.99. The van der Waals surface area contributed by atoms with Crippen LogP contribution in [0.1, 0.15) is 5.69 Å². The van der Waals surface area contributed by atoms with Crippen LogP contribution in [0.15, 0.2) is 53.4 Å². The zero-order valence-electron chi connectivity index (χ0n) is 14.2. The Morgan fingerprint density at radius 1 is 1.07 bits per heavy atom. The quantitative estimate of drug-likeness (QED) is 0.636. The van der Waals surface area contributed by atoms with Gasteiger partial charge in [-0.2, -0.15) is 18.3 Å². The second-order valence-electron chi connectivity index (χ2n) is 5.90. The second-order valence-corrected chi connectivity index (χ2v) is 8.44. The third-order valence-electron chi connectivity index (χ3n) is 4.01. The van der Waals surface area contributed by atoms with E-state index in [9.17, 15) is 21.6 Å². The van der Waals surface area contributed by atoms with Gasteiger partial charge in [-0.25, -0.2) is 8.42 Å². The van der Waals surface area contributed by atoms with Crippen LogP contribution in [0.5, 0.6) is 0 Å². The third kappa shape index (κ3) is 4.06. The van der Waals surface area contributed by atoms with Crippen LogP contribution in [-0.2, 0) is 16.0 Å². The molecular formula is C18H14ClF3N2O3S. The number of nitrogens with zero attached hydrogens (tertiary/aromatic N) is 1. The fourth-order valence-corrected chi connectivity index (χ4v) is 3.96. The number of aromatic amines is 1. The summed E-state index contributed by atoms with van der Waals surface area (Å²) in [5.74, 6) is -0.444. The fraction of sp³-hybridized carbons (Fsp3) is 0.167. The number of sulfone groups is 1. The molecule has 0 unspecified atom stereocenters. The summed E-state index contributed by atoms with van der Waals surface area (Å²) in [5, 5.41) is 15.0. The molecule has 0 saturated carbocycles. The monoisotopic (exact) mass is 430 g/mol. The standard InChI is InChI=1S/C18H14ClF3N2O3S/c19-13-3-1-2-12(10-13)15-16(23-24-17(15)18(20,21)22)11-4-6-14(7-5-11)28(26,27)9-8-25/h1-7,10,25H,8-9H2,(H,23,24). The van der Waals surface area contributed by atoms with E-state index in [0.29, 0.717) is 5.56 Å². The van der Waals surface area contributed by atoms with Crippen LogP contribution < -0.4 is 0 Å². The van der Waals surface area contributed by atoms with Gasteiger partial charge in [-0.1, -0.05) is 35.9 Å². The first-order valence-corrected chi connectivity index (χ1v) is 10.0. The van der Waals surface area contributed by atoms with Gasteiger partial charge in [0.15, 0.2) is 9.84 Å². The van der Waals surface area contributed by atoms with Crippen LogP contribution in [0.25, 0.3) is 22.4 Å². The Balaban J connectivity index is 2.14. The Kier molecular flexibility index (Phi) is 5.51. The SMILES string of the molecule is O=S(=O)(CCO)c1ccc(-c2n[nH]c(C(F)(F)F)c2-c2cccc(Cl)c2)cc1. The lowest BCUT2D eigenvalue weighted by Gasteiger charge is -2.10. The van der Waals surface area contributed by atoms with Crippen LogP contribution in [-0.4, -0.2) is 36.1 Å². The molecule has 3 rings (SSSR count). The van der Waals surface area contributed by atoms with E-state index < -0.39 is 34.1 Å². The molecule has 0 spiro atoms. The number of benzene rings is 2. The number of hydrogen-bond donors (Lipinski definition) is 2. The summed E-state index contributed by atoms with van der Waals surface area (Å²) < 4.78 is 64.4. The van der Waals surface area contributed by atoms with E-state index in [1.165, 1.54) is 42.5 Å². The summed E-state index contributed by atoms with van der Waals surface area (Å²) in [7, 11) is -3.67. The highest BCUT2D eigenvalue weighted by Crippen LogP contribution is 2.41. The van der Waals surface area contributed by atoms with Crippen molar-refractivity contribution in [2.45, 2.75) is 11.1 Å². The van der Waals surface area contributed by atoms with Crippen LogP contribution in [0, 0.1) is 0 Å². The average molecular weight is 431 g/mol. The van der Waals surface area contributed by atoms with Crippen molar-refractivity contribution in [2.24, 2.45) is 0 Å². The molecule has 0 radical (unpaired) electrons. The van der Waals surface area contributed by atoms with E-state index in [4.69, 9.17) is 16.7 Å². The van der Waals surface area contributed by atoms with Gasteiger partial charge in [-0.05, 0) is 29.8 Å². The Hall–Kier alpha value is -2.36. The average Bonchev–Trinajstić information content (AvgIpc) is 3.07. The molecule has 10 heteroatoms. The topological polar surface area (TPSA) is 83.1 Å². The molecule has 1 heterocycles. The molecule has 2 aromatic carbocycles. The molecule has 3 aromatic rings. The van der Waals surface area contributed by atoms with E-state index in [-0.39, 0.29) is 26.7 Å². The van der Waals surface area contributed by atoms with Crippen molar-refractivity contribution in [3.8, 4) is 22.4 Å². The molecule has 0 atom stereocenters. The minimum Gasteiger partial charge on any atom is -0.395 e. The van der Waals surface area contributed by atoms with Crippen LogP contribution in [0.3, 0.4) is 0 Å². The summed E-state index contributed by atoms with van der Waals surface area (Å²) >= 11 is 5.93. The number of aliphatic hydroxyl groups excluding tert-OH is 1. The lowest BCUT2D eigenvalue weighted by molar-refractivity contribution is -0.140. The summed E-state index contributed by atoms with van der Waals surface area (Å²) in [4.78, 5) is -0.0406. The molecule has 148 valence electrons. The molecule has 28 heavy (non-hydrogen) atoms. The van der Waals surface area contributed by atoms with Gasteiger partial charge in [0.1, 0.15) is 11.4 Å². The van der Waals surface area contributed by atoms with E-state index in [1.807, 2.05) is 5.10 Å². The maximum absolute atomic E-state index is 13.5. The highest BCUT2D eigenvalue weighted by Gasteiger charge is 2.38. The number of aromatic nitrogens is 2. The van der Waals surface area contributed by atoms with Crippen molar-refractivity contribution >= 4 is 21.4 Å². The summed E-state index contributed by atoms with van der Waals surface area (Å²) in [6.45, 7) is -0.530. The largest absolute Gasteiger partial charge is 0.433 e. The van der Waals surface area contributed by atoms with E-state index in [0.717, 1.165) is 0 Å². The molecule has 5 nitrogen and oxygen atoms in total. The molecule has 0 amide bonds. The number of alkyl halides is 3. The number of H-pyrrole nitrogens is 1. The second kappa shape index (κ2) is 7.57. The minimum absolute atomic E-state index is 0.0145. The van der Waals surface area contributed by atoms with Gasteiger partial charge in [0, 0.05) is 16.1 Å². The molecule has 0 aliphatic carbocycles. The number of rotatable bonds is 5. The predicted molar refractivity (Wildman–Crippen MR) is 98.6 cm³/mol. The number of nitrogens with one attached hydrogen (secondary N) is 1. The van der Waals surface area contributed by atoms with E-state index in [1.54, 1.807) is 6.07 Å². The molecule has 0 bridgehead atoms. The molecular weight excluding hydrogens is 417 g/mol. The predicted octanol–water partition coefficient (Wildman–Crippen LogP) is 4.18. The normalized spacial score (nSPS) is 12.3. The molecule has 0 aliphatic heterocycles. The maximum atomic E-state index is 13.5. The van der Waals surface area contributed by atoms with Crippen molar-refractivity contribution in [3.63, 3.8) is 0 Å². The highest BCUT2D eigenvalue weighted by atomic mass is 35.5. The Bertz CT molecular complexity index is 1090. The first-order chi connectivity index (χ1) is 13.1. The molecule has 0 fully saturated rings. The number of halogens is 4. The van der Waals surface area contributed by atoms with Crippen LogP contribution in [0.4, 0.5) is 13.2 Å². The number of aliphatic hydroxyl groups is 1. The summed E-state index contributed by atoms with van der Waals surface area (Å²) in [5.41, 5.74) is -0.673. The zero-order valence-corrected chi connectivity index (χ0v) is 15.7. The minimum atomic E-state index is -4.67. The van der Waals surface area contributed by atoms with E-state index >= 15 is 0 Å². The van der Waals surface area contributed by atoms with E-state index in [2.05, 4.69) is 5.10 Å². The highest BCUT2D eigenvalue weighted by molar-refractivity contribution is 7.91. The van der Waals surface area contributed by atoms with Crippen molar-refractivity contribution < 1.29 is 26.7 Å². The maximum Gasteiger partial charge on any atom is 0.433 e. The van der Waals surface area contributed by atoms with Gasteiger partial charge in [0.2, 0.25) is 0 Å². The fourth-order valence-electron chi connectivity index (χ4n) is 2.74. The molecule has 1 aromatic heterocycles. The Labute approximate surface area is 163 Å². The van der Waals surface area contributed by atoms with Crippen molar-refractivity contribution in [2.75, 3.05) is 12.4 Å². The summed E-state index contributed by atoms with van der Waals surface area (Å²) in [6, 6.07) is 11.2. The van der Waals surface area contributed by atoms with Gasteiger partial charge < -0.3 is 5.11 Å². The first kappa shape index (κ1) is 20.4. The van der Waals surface area contributed by atoms with Gasteiger partial charge in [0.25, 0.3) is 0 Å².